The molecule has 23 heavy (non-hydrogen) atoms. The van der Waals surface area contributed by atoms with Crippen molar-refractivity contribution in [3.05, 3.63) is 24.3 Å². The minimum absolute atomic E-state index is 0.171. The summed E-state index contributed by atoms with van der Waals surface area (Å²) in [6, 6.07) is 2.99. The topological polar surface area (TPSA) is 93.5 Å². The number of halogens is 3. The molecule has 0 radical (unpaired) electrons. The maximum Gasteiger partial charge on any atom is 0.573 e. The SMILES string of the molecule is CCC(C)C(NC(N)=O)C(=O)Nc1ccc(OC(F)(F)F)cc1. The summed E-state index contributed by atoms with van der Waals surface area (Å²) in [5.41, 5.74) is 5.31. The van der Waals surface area contributed by atoms with Crippen LogP contribution in [0.5, 0.6) is 5.75 Å². The van der Waals surface area contributed by atoms with E-state index in [1.54, 1.807) is 6.92 Å². The number of rotatable bonds is 6. The fraction of sp³-hybridized carbons (Fsp3) is 0.429. The van der Waals surface area contributed by atoms with Crippen LogP contribution in [0, 0.1) is 5.92 Å². The van der Waals surface area contributed by atoms with Crippen molar-refractivity contribution in [3.8, 4) is 5.75 Å². The number of carbonyl (C=O) groups excluding carboxylic acids is 2. The van der Waals surface area contributed by atoms with Crippen LogP contribution < -0.4 is 21.1 Å². The van der Waals surface area contributed by atoms with E-state index in [1.807, 2.05) is 6.92 Å². The van der Waals surface area contributed by atoms with Crippen LogP contribution in [-0.2, 0) is 4.79 Å². The zero-order valence-corrected chi connectivity index (χ0v) is 12.6. The number of benzene rings is 1. The van der Waals surface area contributed by atoms with Gasteiger partial charge in [0.05, 0.1) is 0 Å². The Morgan fingerprint density at radius 3 is 2.26 bits per heavy atom. The molecule has 2 unspecified atom stereocenters. The van der Waals surface area contributed by atoms with E-state index in [-0.39, 0.29) is 11.6 Å². The van der Waals surface area contributed by atoms with E-state index in [0.29, 0.717) is 6.42 Å². The average molecular weight is 333 g/mol. The fourth-order valence-corrected chi connectivity index (χ4v) is 1.82. The van der Waals surface area contributed by atoms with Gasteiger partial charge in [-0.15, -0.1) is 13.2 Å². The van der Waals surface area contributed by atoms with Gasteiger partial charge in [0.25, 0.3) is 0 Å². The zero-order chi connectivity index (χ0) is 17.6. The van der Waals surface area contributed by atoms with E-state index in [0.717, 1.165) is 12.1 Å². The second-order valence-corrected chi connectivity index (χ2v) is 4.93. The number of hydrogen-bond donors (Lipinski definition) is 3. The van der Waals surface area contributed by atoms with Crippen molar-refractivity contribution in [2.45, 2.75) is 32.7 Å². The summed E-state index contributed by atoms with van der Waals surface area (Å²) in [7, 11) is 0. The maximum atomic E-state index is 12.2. The molecule has 0 saturated heterocycles. The third-order valence-corrected chi connectivity index (χ3v) is 3.15. The van der Waals surface area contributed by atoms with Crippen molar-refractivity contribution < 1.29 is 27.5 Å². The van der Waals surface area contributed by atoms with Crippen molar-refractivity contribution in [1.29, 1.82) is 0 Å². The van der Waals surface area contributed by atoms with Crippen molar-refractivity contribution >= 4 is 17.6 Å². The first-order chi connectivity index (χ1) is 10.6. The molecular weight excluding hydrogens is 315 g/mol. The first-order valence-electron chi connectivity index (χ1n) is 6.85. The monoisotopic (exact) mass is 333 g/mol. The van der Waals surface area contributed by atoms with Crippen molar-refractivity contribution in [2.24, 2.45) is 11.7 Å². The Morgan fingerprint density at radius 2 is 1.83 bits per heavy atom. The average Bonchev–Trinajstić information content (AvgIpc) is 2.44. The number of carbonyl (C=O) groups is 2. The van der Waals surface area contributed by atoms with Crippen LogP contribution in [0.2, 0.25) is 0 Å². The molecule has 1 aromatic carbocycles. The number of primary amides is 1. The molecule has 3 amide bonds. The van der Waals surface area contributed by atoms with Crippen LogP contribution >= 0.6 is 0 Å². The number of nitrogens with two attached hydrogens (primary N) is 1. The highest BCUT2D eigenvalue weighted by Gasteiger charge is 2.31. The molecule has 1 rings (SSSR count). The number of alkyl halides is 3. The first-order valence-corrected chi connectivity index (χ1v) is 6.85. The standard InChI is InChI=1S/C14H18F3N3O3/c1-3-8(2)11(20-13(18)22)12(21)19-9-4-6-10(7-5-9)23-14(15,16)17/h4-8,11H,3H2,1-2H3,(H,19,21)(H3,18,20,22). The maximum absolute atomic E-state index is 12.2. The van der Waals surface area contributed by atoms with Crippen molar-refractivity contribution in [3.63, 3.8) is 0 Å². The molecule has 0 aliphatic heterocycles. The Bertz CT molecular complexity index is 546. The lowest BCUT2D eigenvalue weighted by Gasteiger charge is -2.22. The summed E-state index contributed by atoms with van der Waals surface area (Å²) in [5, 5.41) is 4.85. The molecule has 0 aromatic heterocycles. The number of amides is 3. The number of hydrogen-bond acceptors (Lipinski definition) is 3. The highest BCUT2D eigenvalue weighted by Crippen LogP contribution is 2.24. The molecule has 4 N–H and O–H groups in total. The van der Waals surface area contributed by atoms with Crippen molar-refractivity contribution in [2.75, 3.05) is 5.32 Å². The van der Waals surface area contributed by atoms with Gasteiger partial charge in [-0.1, -0.05) is 20.3 Å². The second kappa shape index (κ2) is 7.70. The van der Waals surface area contributed by atoms with Crippen LogP contribution in [0.15, 0.2) is 24.3 Å². The van der Waals surface area contributed by atoms with E-state index in [4.69, 9.17) is 5.73 Å². The summed E-state index contributed by atoms with van der Waals surface area (Å²) in [5.74, 6) is -1.08. The normalized spacial score (nSPS) is 13.8. The molecule has 6 nitrogen and oxygen atoms in total. The van der Waals surface area contributed by atoms with Gasteiger partial charge in [0.15, 0.2) is 0 Å². The molecule has 1 aromatic rings. The molecule has 9 heteroatoms. The van der Waals surface area contributed by atoms with Gasteiger partial charge in [-0.2, -0.15) is 0 Å². The van der Waals surface area contributed by atoms with Gasteiger partial charge in [0, 0.05) is 5.69 Å². The number of nitrogens with one attached hydrogen (secondary N) is 2. The van der Waals surface area contributed by atoms with E-state index < -0.39 is 30.1 Å². The molecule has 0 saturated carbocycles. The smallest absolute Gasteiger partial charge is 0.406 e. The molecule has 0 fully saturated rings. The molecule has 0 spiro atoms. The summed E-state index contributed by atoms with van der Waals surface area (Å²) >= 11 is 0. The predicted molar refractivity (Wildman–Crippen MR) is 77.7 cm³/mol. The highest BCUT2D eigenvalue weighted by atomic mass is 19.4. The largest absolute Gasteiger partial charge is 0.573 e. The summed E-state index contributed by atoms with van der Waals surface area (Å²) in [4.78, 5) is 23.1. The van der Waals surface area contributed by atoms with Gasteiger partial charge in [-0.05, 0) is 30.2 Å². The highest BCUT2D eigenvalue weighted by molar-refractivity contribution is 5.97. The van der Waals surface area contributed by atoms with Crippen LogP contribution in [0.4, 0.5) is 23.7 Å². The Morgan fingerprint density at radius 1 is 1.26 bits per heavy atom. The van der Waals surface area contributed by atoms with Gasteiger partial charge in [-0.25, -0.2) is 4.79 Å². The van der Waals surface area contributed by atoms with Gasteiger partial charge in [0.2, 0.25) is 5.91 Å². The lowest BCUT2D eigenvalue weighted by Crippen LogP contribution is -2.49. The lowest BCUT2D eigenvalue weighted by atomic mass is 9.98. The lowest BCUT2D eigenvalue weighted by molar-refractivity contribution is -0.274. The molecule has 0 aliphatic carbocycles. The summed E-state index contributed by atoms with van der Waals surface area (Å²) < 4.78 is 39.9. The molecular formula is C14H18F3N3O3. The van der Waals surface area contributed by atoms with Gasteiger partial charge in [-0.3, -0.25) is 4.79 Å². The van der Waals surface area contributed by atoms with E-state index in [2.05, 4.69) is 15.4 Å². The first kappa shape index (κ1) is 18.6. The van der Waals surface area contributed by atoms with Gasteiger partial charge < -0.3 is 21.1 Å². The minimum atomic E-state index is -4.78. The van der Waals surface area contributed by atoms with Crippen LogP contribution in [0.25, 0.3) is 0 Å². The van der Waals surface area contributed by atoms with E-state index >= 15 is 0 Å². The molecule has 128 valence electrons. The minimum Gasteiger partial charge on any atom is -0.406 e. The number of ether oxygens (including phenoxy) is 1. The fourth-order valence-electron chi connectivity index (χ4n) is 1.82. The number of anilines is 1. The van der Waals surface area contributed by atoms with E-state index in [1.165, 1.54) is 12.1 Å². The molecule has 0 heterocycles. The number of urea groups is 1. The predicted octanol–water partition coefficient (Wildman–Crippen LogP) is 2.61. The van der Waals surface area contributed by atoms with Crippen LogP contribution in [-0.4, -0.2) is 24.3 Å². The quantitative estimate of drug-likeness (QED) is 0.747. The Hall–Kier alpha value is -2.45. The molecule has 2 atom stereocenters. The van der Waals surface area contributed by atoms with Crippen LogP contribution in [0.1, 0.15) is 20.3 Å². The second-order valence-electron chi connectivity index (χ2n) is 4.93. The zero-order valence-electron chi connectivity index (χ0n) is 12.6. The van der Waals surface area contributed by atoms with Gasteiger partial charge >= 0.3 is 12.4 Å². The Kier molecular flexibility index (Phi) is 6.23. The molecule has 0 bridgehead atoms. The summed E-state index contributed by atoms with van der Waals surface area (Å²) in [6.07, 6.45) is -4.16. The van der Waals surface area contributed by atoms with Crippen LogP contribution in [0.3, 0.4) is 0 Å². The Labute approximate surface area is 131 Å². The molecule has 0 aliphatic rings. The van der Waals surface area contributed by atoms with Crippen molar-refractivity contribution in [1.82, 2.24) is 5.32 Å². The van der Waals surface area contributed by atoms with Gasteiger partial charge in [0.1, 0.15) is 11.8 Å². The van der Waals surface area contributed by atoms with E-state index in [9.17, 15) is 22.8 Å². The third kappa shape index (κ3) is 6.45. The Balaban J connectivity index is 2.76. The summed E-state index contributed by atoms with van der Waals surface area (Å²) in [6.45, 7) is 3.61. The third-order valence-electron chi connectivity index (χ3n) is 3.15.